The Bertz CT molecular complexity index is 374. The number of hydrogen-bond acceptors (Lipinski definition) is 2. The van der Waals surface area contributed by atoms with Crippen LogP contribution in [0.2, 0.25) is 0 Å². The molecule has 0 aliphatic rings. The first-order valence-electron chi connectivity index (χ1n) is 4.45. The van der Waals surface area contributed by atoms with Crippen molar-refractivity contribution in [1.29, 1.82) is 5.41 Å². The van der Waals surface area contributed by atoms with E-state index in [-0.39, 0.29) is 0 Å². The lowest BCUT2D eigenvalue weighted by molar-refractivity contribution is 1.12. The SMILES string of the molecule is C#Cc1cccc(C(=N)SC(C)C)c1. The lowest BCUT2D eigenvalue weighted by Gasteiger charge is -2.06. The van der Waals surface area contributed by atoms with E-state index in [2.05, 4.69) is 19.8 Å². The molecule has 0 aliphatic heterocycles. The number of rotatable bonds is 2. The Morgan fingerprint density at radius 3 is 2.79 bits per heavy atom. The second kappa shape index (κ2) is 4.88. The van der Waals surface area contributed by atoms with Crippen LogP contribution in [0.15, 0.2) is 24.3 Å². The molecule has 1 rings (SSSR count). The van der Waals surface area contributed by atoms with E-state index in [0.717, 1.165) is 11.1 Å². The molecule has 1 aromatic rings. The molecule has 0 radical (unpaired) electrons. The standard InChI is InChI=1S/C12H13NS/c1-4-10-6-5-7-11(8-10)12(13)14-9(2)3/h1,5-9,13H,2-3H3. The van der Waals surface area contributed by atoms with Crippen LogP contribution < -0.4 is 0 Å². The van der Waals surface area contributed by atoms with E-state index >= 15 is 0 Å². The number of nitrogens with one attached hydrogen (secondary N) is 1. The molecule has 72 valence electrons. The number of hydrogen-bond donors (Lipinski definition) is 1. The highest BCUT2D eigenvalue weighted by Crippen LogP contribution is 2.17. The molecule has 0 fully saturated rings. The molecule has 0 bridgehead atoms. The minimum absolute atomic E-state index is 0.428. The number of terminal acetylenes is 1. The highest BCUT2D eigenvalue weighted by atomic mass is 32.2. The zero-order valence-corrected chi connectivity index (χ0v) is 9.19. The highest BCUT2D eigenvalue weighted by molar-refractivity contribution is 8.14. The van der Waals surface area contributed by atoms with Crippen molar-refractivity contribution in [3.8, 4) is 12.3 Å². The summed E-state index contributed by atoms with van der Waals surface area (Å²) in [5.74, 6) is 2.57. The molecule has 0 amide bonds. The highest BCUT2D eigenvalue weighted by Gasteiger charge is 2.04. The predicted octanol–water partition coefficient (Wildman–Crippen LogP) is 3.13. The van der Waals surface area contributed by atoms with Crippen LogP contribution in [-0.4, -0.2) is 10.3 Å². The Balaban J connectivity index is 2.86. The molecule has 14 heavy (non-hydrogen) atoms. The molecule has 0 unspecified atom stereocenters. The van der Waals surface area contributed by atoms with Crippen molar-refractivity contribution in [3.63, 3.8) is 0 Å². The predicted molar refractivity (Wildman–Crippen MR) is 63.9 cm³/mol. The molecule has 1 nitrogen and oxygen atoms in total. The molecule has 0 atom stereocenters. The maximum absolute atomic E-state index is 7.83. The monoisotopic (exact) mass is 203 g/mol. The van der Waals surface area contributed by atoms with Crippen LogP contribution >= 0.6 is 11.8 Å². The quantitative estimate of drug-likeness (QED) is 0.445. The van der Waals surface area contributed by atoms with Gasteiger partial charge in [0.15, 0.2) is 0 Å². The van der Waals surface area contributed by atoms with Gasteiger partial charge in [-0.2, -0.15) is 0 Å². The molecule has 1 N–H and O–H groups in total. The molecule has 1 aromatic carbocycles. The normalized spacial score (nSPS) is 9.86. The zero-order chi connectivity index (χ0) is 10.6. The first-order valence-corrected chi connectivity index (χ1v) is 5.33. The molecule has 2 heteroatoms. The van der Waals surface area contributed by atoms with Crippen LogP contribution in [0.4, 0.5) is 0 Å². The van der Waals surface area contributed by atoms with Crippen LogP contribution in [0, 0.1) is 17.8 Å². The van der Waals surface area contributed by atoms with Crippen LogP contribution in [0.1, 0.15) is 25.0 Å². The third kappa shape index (κ3) is 2.93. The van der Waals surface area contributed by atoms with E-state index in [1.165, 1.54) is 0 Å². The third-order valence-electron chi connectivity index (χ3n) is 1.64. The van der Waals surface area contributed by atoms with Gasteiger partial charge in [-0.15, -0.1) is 18.2 Å². The molecule has 0 aliphatic carbocycles. The Kier molecular flexibility index (Phi) is 3.79. The maximum Gasteiger partial charge on any atom is 0.0945 e. The summed E-state index contributed by atoms with van der Waals surface area (Å²) in [6.45, 7) is 4.15. The molecule has 0 spiro atoms. The minimum atomic E-state index is 0.428. The Labute approximate surface area is 89.4 Å². The van der Waals surface area contributed by atoms with Crippen molar-refractivity contribution >= 4 is 16.8 Å². The summed E-state index contributed by atoms with van der Waals surface area (Å²) < 4.78 is 0. The van der Waals surface area contributed by atoms with Crippen molar-refractivity contribution in [2.24, 2.45) is 0 Å². The topological polar surface area (TPSA) is 23.9 Å². The largest absolute Gasteiger partial charge is 0.293 e. The summed E-state index contributed by atoms with van der Waals surface area (Å²) in [7, 11) is 0. The fourth-order valence-corrected chi connectivity index (χ4v) is 1.79. The maximum atomic E-state index is 7.83. The van der Waals surface area contributed by atoms with Crippen molar-refractivity contribution in [2.45, 2.75) is 19.1 Å². The molecular formula is C12H13NS. The molecular weight excluding hydrogens is 190 g/mol. The van der Waals surface area contributed by atoms with E-state index in [1.54, 1.807) is 11.8 Å². The van der Waals surface area contributed by atoms with Crippen molar-refractivity contribution < 1.29 is 0 Å². The minimum Gasteiger partial charge on any atom is -0.293 e. The second-order valence-corrected chi connectivity index (χ2v) is 4.81. The zero-order valence-electron chi connectivity index (χ0n) is 8.37. The Morgan fingerprint density at radius 1 is 1.50 bits per heavy atom. The van der Waals surface area contributed by atoms with Gasteiger partial charge in [-0.3, -0.25) is 5.41 Å². The summed E-state index contributed by atoms with van der Waals surface area (Å²) in [6.07, 6.45) is 5.29. The van der Waals surface area contributed by atoms with Gasteiger partial charge in [0.05, 0.1) is 5.04 Å². The van der Waals surface area contributed by atoms with Crippen LogP contribution in [0.3, 0.4) is 0 Å². The first kappa shape index (κ1) is 10.9. The fraction of sp³-hybridized carbons (Fsp3) is 0.250. The van der Waals surface area contributed by atoms with Crippen molar-refractivity contribution in [3.05, 3.63) is 35.4 Å². The molecule has 0 heterocycles. The van der Waals surface area contributed by atoms with E-state index < -0.39 is 0 Å². The Hall–Kier alpha value is -1.20. The number of benzene rings is 1. The molecule has 0 aromatic heterocycles. The first-order chi connectivity index (χ1) is 6.63. The van der Waals surface area contributed by atoms with Crippen molar-refractivity contribution in [1.82, 2.24) is 0 Å². The van der Waals surface area contributed by atoms with E-state index in [1.807, 2.05) is 24.3 Å². The van der Waals surface area contributed by atoms with E-state index in [0.29, 0.717) is 10.3 Å². The van der Waals surface area contributed by atoms with Gasteiger partial charge >= 0.3 is 0 Å². The Morgan fingerprint density at radius 2 is 2.21 bits per heavy atom. The molecule has 0 saturated heterocycles. The van der Waals surface area contributed by atoms with Gasteiger partial charge in [-0.1, -0.05) is 31.9 Å². The van der Waals surface area contributed by atoms with Gasteiger partial charge in [0.2, 0.25) is 0 Å². The summed E-state index contributed by atoms with van der Waals surface area (Å²) in [5.41, 5.74) is 1.73. The van der Waals surface area contributed by atoms with Crippen LogP contribution in [0.5, 0.6) is 0 Å². The molecule has 0 saturated carbocycles. The average Bonchev–Trinajstić information content (AvgIpc) is 2.17. The van der Waals surface area contributed by atoms with Gasteiger partial charge in [0.25, 0.3) is 0 Å². The van der Waals surface area contributed by atoms with Gasteiger partial charge in [-0.05, 0) is 12.1 Å². The number of thioether (sulfide) groups is 1. The van der Waals surface area contributed by atoms with Gasteiger partial charge in [0, 0.05) is 16.4 Å². The third-order valence-corrected chi connectivity index (χ3v) is 2.59. The lowest BCUT2D eigenvalue weighted by atomic mass is 10.1. The summed E-state index contributed by atoms with van der Waals surface area (Å²) >= 11 is 1.54. The summed E-state index contributed by atoms with van der Waals surface area (Å²) in [6, 6.07) is 7.55. The van der Waals surface area contributed by atoms with Gasteiger partial charge in [0.1, 0.15) is 0 Å². The van der Waals surface area contributed by atoms with Gasteiger partial charge < -0.3 is 0 Å². The summed E-state index contributed by atoms with van der Waals surface area (Å²) in [4.78, 5) is 0. The summed E-state index contributed by atoms with van der Waals surface area (Å²) in [5, 5.41) is 8.83. The second-order valence-electron chi connectivity index (χ2n) is 3.22. The smallest absolute Gasteiger partial charge is 0.0945 e. The average molecular weight is 203 g/mol. The van der Waals surface area contributed by atoms with E-state index in [9.17, 15) is 0 Å². The van der Waals surface area contributed by atoms with Crippen LogP contribution in [0.25, 0.3) is 0 Å². The van der Waals surface area contributed by atoms with Crippen molar-refractivity contribution in [2.75, 3.05) is 0 Å². The van der Waals surface area contributed by atoms with Gasteiger partial charge in [-0.25, -0.2) is 0 Å². The lowest BCUT2D eigenvalue weighted by Crippen LogP contribution is -1.99. The van der Waals surface area contributed by atoms with Crippen LogP contribution in [-0.2, 0) is 0 Å². The van der Waals surface area contributed by atoms with E-state index in [4.69, 9.17) is 11.8 Å². The fourth-order valence-electron chi connectivity index (χ4n) is 1.05.